The van der Waals surface area contributed by atoms with Crippen molar-refractivity contribution < 1.29 is 0 Å². The van der Waals surface area contributed by atoms with Crippen LogP contribution in [0.1, 0.15) is 95.9 Å². The zero-order valence-corrected chi connectivity index (χ0v) is 31.5. The van der Waals surface area contributed by atoms with Crippen molar-refractivity contribution >= 4 is 5.69 Å². The summed E-state index contributed by atoms with van der Waals surface area (Å²) in [5.41, 5.74) is 20.7. The second kappa shape index (κ2) is 14.6. The lowest BCUT2D eigenvalue weighted by Gasteiger charge is -2.34. The third-order valence-corrected chi connectivity index (χ3v) is 12.2. The molecule has 3 aliphatic carbocycles. The molecule has 0 aromatic heterocycles. The largest absolute Gasteiger partial charge is 0.341 e. The fourth-order valence-corrected chi connectivity index (χ4v) is 9.47. The Labute approximate surface area is 302 Å². The summed E-state index contributed by atoms with van der Waals surface area (Å²) in [5, 5.41) is 0. The van der Waals surface area contributed by atoms with Gasteiger partial charge in [0, 0.05) is 23.3 Å². The normalized spacial score (nSPS) is 22.5. The van der Waals surface area contributed by atoms with Crippen LogP contribution in [0.25, 0.3) is 22.3 Å². The number of hydrogen-bond donors (Lipinski definition) is 0. The molecule has 1 fully saturated rings. The molecule has 0 radical (unpaired) electrons. The van der Waals surface area contributed by atoms with Gasteiger partial charge >= 0.3 is 0 Å². The van der Waals surface area contributed by atoms with E-state index in [1.807, 2.05) is 0 Å². The zero-order chi connectivity index (χ0) is 34.9. The van der Waals surface area contributed by atoms with E-state index in [1.54, 1.807) is 33.4 Å². The first kappa shape index (κ1) is 34.4. The second-order valence-corrected chi connectivity index (χ2v) is 15.9. The van der Waals surface area contributed by atoms with Gasteiger partial charge < -0.3 is 4.90 Å². The number of anilines is 1. The molecule has 0 saturated carbocycles. The Bertz CT molecular complexity index is 1910. The van der Waals surface area contributed by atoms with E-state index in [-0.39, 0.29) is 0 Å². The Morgan fingerprint density at radius 1 is 0.820 bits per heavy atom. The van der Waals surface area contributed by atoms with E-state index in [0.29, 0.717) is 17.9 Å². The van der Waals surface area contributed by atoms with E-state index in [9.17, 15) is 0 Å². The Morgan fingerprint density at radius 3 is 2.14 bits per heavy atom. The third-order valence-electron chi connectivity index (χ3n) is 12.2. The van der Waals surface area contributed by atoms with Crippen LogP contribution in [0.5, 0.6) is 0 Å². The Hall–Kier alpha value is -4.10. The van der Waals surface area contributed by atoms with E-state index in [4.69, 9.17) is 0 Å². The quantitative estimate of drug-likeness (QED) is 0.218. The molecule has 4 aliphatic rings. The topological polar surface area (TPSA) is 3.24 Å². The van der Waals surface area contributed by atoms with Gasteiger partial charge in [-0.2, -0.15) is 0 Å². The van der Waals surface area contributed by atoms with Crippen LogP contribution in [-0.4, -0.2) is 6.04 Å². The highest BCUT2D eigenvalue weighted by Gasteiger charge is 2.38. The van der Waals surface area contributed by atoms with Crippen LogP contribution in [0.2, 0.25) is 0 Å². The molecule has 258 valence electrons. The molecule has 0 spiro atoms. The number of benzene rings is 3. The molecule has 3 aromatic rings. The second-order valence-electron chi connectivity index (χ2n) is 15.9. The number of allylic oxidation sites excluding steroid dienone is 11. The number of nitrogens with zero attached hydrogens (tertiary/aromatic N) is 1. The Kier molecular flexibility index (Phi) is 10.1. The van der Waals surface area contributed by atoms with Crippen LogP contribution in [0.15, 0.2) is 126 Å². The summed E-state index contributed by atoms with van der Waals surface area (Å²) >= 11 is 0. The molecule has 7 rings (SSSR count). The van der Waals surface area contributed by atoms with Crippen molar-refractivity contribution in [1.29, 1.82) is 0 Å². The predicted octanol–water partition coefficient (Wildman–Crippen LogP) is 13.1. The van der Waals surface area contributed by atoms with Crippen molar-refractivity contribution in [3.05, 3.63) is 148 Å². The van der Waals surface area contributed by atoms with Crippen molar-refractivity contribution in [2.24, 2.45) is 17.8 Å². The van der Waals surface area contributed by atoms with Gasteiger partial charge in [0.1, 0.15) is 0 Å². The summed E-state index contributed by atoms with van der Waals surface area (Å²) in [6.07, 6.45) is 24.5. The van der Waals surface area contributed by atoms with Gasteiger partial charge in [0.25, 0.3) is 0 Å². The number of fused-ring (bicyclic) bond motifs is 3. The van der Waals surface area contributed by atoms with Gasteiger partial charge in [-0.1, -0.05) is 106 Å². The zero-order valence-electron chi connectivity index (χ0n) is 31.5. The van der Waals surface area contributed by atoms with Crippen LogP contribution in [-0.2, 0) is 25.7 Å². The molecule has 3 atom stereocenters. The fourth-order valence-electron chi connectivity index (χ4n) is 9.47. The summed E-state index contributed by atoms with van der Waals surface area (Å²) in [7, 11) is 0. The Balaban J connectivity index is 1.32. The minimum atomic E-state index is 0.442. The van der Waals surface area contributed by atoms with E-state index >= 15 is 0 Å². The lowest BCUT2D eigenvalue weighted by atomic mass is 9.71. The van der Waals surface area contributed by atoms with Gasteiger partial charge in [-0.05, 0) is 170 Å². The molecule has 1 aliphatic heterocycles. The van der Waals surface area contributed by atoms with E-state index < -0.39 is 0 Å². The average molecular weight is 660 g/mol. The van der Waals surface area contributed by atoms with Gasteiger partial charge in [-0.3, -0.25) is 0 Å². The number of hydrogen-bond acceptors (Lipinski definition) is 1. The lowest BCUT2D eigenvalue weighted by Crippen LogP contribution is -2.26. The maximum absolute atomic E-state index is 4.18. The van der Waals surface area contributed by atoms with Gasteiger partial charge in [-0.15, -0.1) is 0 Å². The van der Waals surface area contributed by atoms with Crippen molar-refractivity contribution in [2.75, 3.05) is 4.90 Å². The SMILES string of the molecule is C=CC1=CC(\C=C/C(/C=C\C)=C(\C)C(C)C)=C2C(C1)CC(C)N2c1ccc(-c2c3c(c(-c4ccccc4)c4c2CCC(C)C4)CCCC3)cc1. The van der Waals surface area contributed by atoms with Crippen LogP contribution >= 0.6 is 0 Å². The molecule has 1 heteroatoms. The highest BCUT2D eigenvalue weighted by molar-refractivity contribution is 5.85. The smallest absolute Gasteiger partial charge is 0.0411 e. The number of rotatable bonds is 8. The highest BCUT2D eigenvalue weighted by atomic mass is 15.2. The molecule has 0 bridgehead atoms. The van der Waals surface area contributed by atoms with Crippen molar-refractivity contribution in [2.45, 2.75) is 105 Å². The lowest BCUT2D eigenvalue weighted by molar-refractivity contribution is 0.501. The third kappa shape index (κ3) is 6.45. The first-order valence-electron chi connectivity index (χ1n) is 19.5. The first-order valence-corrected chi connectivity index (χ1v) is 19.5. The maximum Gasteiger partial charge on any atom is 0.0411 e. The van der Waals surface area contributed by atoms with Gasteiger partial charge in [0.05, 0.1) is 0 Å². The van der Waals surface area contributed by atoms with Crippen LogP contribution < -0.4 is 4.90 Å². The summed E-state index contributed by atoms with van der Waals surface area (Å²) in [6, 6.07) is 21.5. The van der Waals surface area contributed by atoms with E-state index in [0.717, 1.165) is 12.3 Å². The molecule has 3 unspecified atom stereocenters. The van der Waals surface area contributed by atoms with E-state index in [1.165, 1.54) is 96.2 Å². The monoisotopic (exact) mass is 659 g/mol. The molecule has 1 saturated heterocycles. The summed E-state index contributed by atoms with van der Waals surface area (Å²) in [4.78, 5) is 2.66. The molecular weight excluding hydrogens is 603 g/mol. The van der Waals surface area contributed by atoms with Crippen LogP contribution in [0, 0.1) is 17.8 Å². The molecular formula is C49H57N. The van der Waals surface area contributed by atoms with Gasteiger partial charge in [0.2, 0.25) is 0 Å². The van der Waals surface area contributed by atoms with Gasteiger partial charge in [-0.25, -0.2) is 0 Å². The van der Waals surface area contributed by atoms with Crippen LogP contribution in [0.3, 0.4) is 0 Å². The molecule has 50 heavy (non-hydrogen) atoms. The minimum absolute atomic E-state index is 0.442. The van der Waals surface area contributed by atoms with Crippen molar-refractivity contribution in [1.82, 2.24) is 0 Å². The first-order chi connectivity index (χ1) is 24.3. The highest BCUT2D eigenvalue weighted by Crippen LogP contribution is 2.49. The van der Waals surface area contributed by atoms with Crippen molar-refractivity contribution in [3.8, 4) is 22.3 Å². The van der Waals surface area contributed by atoms with E-state index in [2.05, 4.69) is 144 Å². The Morgan fingerprint density at radius 2 is 1.48 bits per heavy atom. The fraction of sp³-hybridized carbons (Fsp3) is 0.388. The summed E-state index contributed by atoms with van der Waals surface area (Å²) in [5.74, 6) is 1.75. The average Bonchev–Trinajstić information content (AvgIpc) is 3.47. The molecule has 1 heterocycles. The maximum atomic E-state index is 4.18. The summed E-state index contributed by atoms with van der Waals surface area (Å²) < 4.78 is 0. The predicted molar refractivity (Wildman–Crippen MR) is 217 cm³/mol. The molecule has 0 N–H and O–H groups in total. The minimum Gasteiger partial charge on any atom is -0.341 e. The molecule has 3 aromatic carbocycles. The molecule has 0 amide bonds. The van der Waals surface area contributed by atoms with Crippen molar-refractivity contribution in [3.63, 3.8) is 0 Å². The standard InChI is InChI=1S/C49H57N/c1-8-15-37(35(7)32(3)4)21-22-40-30-36(9-2)31-41-29-34(6)50(49(40)41)42-25-23-39(24-26-42)47-43-18-13-14-19-44(43)48(38-16-11-10-12-17-38)46-28-33(5)20-27-45(46)47/h8-12,15-17,21-26,30,32-34,41H,2,13-14,18-20,27-29,31H2,1,3-7H3/b15-8-,22-21-,37-35+. The molecule has 1 nitrogen and oxygen atoms in total. The van der Waals surface area contributed by atoms with Gasteiger partial charge in [0.15, 0.2) is 0 Å². The van der Waals surface area contributed by atoms with Crippen LogP contribution in [0.4, 0.5) is 5.69 Å². The summed E-state index contributed by atoms with van der Waals surface area (Å²) in [6.45, 7) is 18.0.